The van der Waals surface area contributed by atoms with E-state index in [1.807, 2.05) is 0 Å². The molecule has 1 saturated heterocycles. The normalized spacial score (nSPS) is 16.4. The Kier molecular flexibility index (Phi) is 4.85. The SMILES string of the molecule is COc1cc(CN2CCNCC2)c(F)c(Cl)c1OC. The molecule has 19 heavy (non-hydrogen) atoms. The van der Waals surface area contributed by atoms with Gasteiger partial charge >= 0.3 is 0 Å². The zero-order valence-electron chi connectivity index (χ0n) is 11.1. The Labute approximate surface area is 117 Å². The number of methoxy groups -OCH3 is 2. The highest BCUT2D eigenvalue weighted by Gasteiger charge is 2.20. The standard InChI is InChI=1S/C13H18ClFN2O2/c1-18-10-7-9(8-17-5-3-16-4-6-17)12(15)11(14)13(10)19-2/h7,16H,3-6,8H2,1-2H3. The van der Waals surface area contributed by atoms with E-state index in [9.17, 15) is 4.39 Å². The largest absolute Gasteiger partial charge is 0.493 e. The predicted molar refractivity (Wildman–Crippen MR) is 72.7 cm³/mol. The summed E-state index contributed by atoms with van der Waals surface area (Å²) in [4.78, 5) is 2.18. The molecule has 0 saturated carbocycles. The number of rotatable bonds is 4. The van der Waals surface area contributed by atoms with Crippen molar-refractivity contribution in [1.29, 1.82) is 0 Å². The number of hydrogen-bond donors (Lipinski definition) is 1. The second-order valence-electron chi connectivity index (χ2n) is 4.43. The molecule has 1 N–H and O–H groups in total. The van der Waals surface area contributed by atoms with Crippen molar-refractivity contribution in [3.05, 3.63) is 22.5 Å². The molecule has 1 fully saturated rings. The van der Waals surface area contributed by atoms with Crippen molar-refractivity contribution in [1.82, 2.24) is 10.2 Å². The summed E-state index contributed by atoms with van der Waals surface area (Å²) < 4.78 is 24.5. The van der Waals surface area contributed by atoms with Crippen LogP contribution in [0.4, 0.5) is 4.39 Å². The van der Waals surface area contributed by atoms with Crippen LogP contribution in [0.1, 0.15) is 5.56 Å². The van der Waals surface area contributed by atoms with Crippen LogP contribution in [-0.2, 0) is 6.54 Å². The number of nitrogens with one attached hydrogen (secondary N) is 1. The number of hydrogen-bond acceptors (Lipinski definition) is 4. The fraction of sp³-hybridized carbons (Fsp3) is 0.538. The van der Waals surface area contributed by atoms with E-state index in [2.05, 4.69) is 10.2 Å². The van der Waals surface area contributed by atoms with Gasteiger partial charge in [0.15, 0.2) is 11.5 Å². The Morgan fingerprint density at radius 3 is 2.58 bits per heavy atom. The summed E-state index contributed by atoms with van der Waals surface area (Å²) in [6.07, 6.45) is 0. The van der Waals surface area contributed by atoms with Crippen molar-refractivity contribution >= 4 is 11.6 Å². The van der Waals surface area contributed by atoms with Gasteiger partial charge in [0.2, 0.25) is 0 Å². The first-order valence-corrected chi connectivity index (χ1v) is 6.57. The number of nitrogens with zero attached hydrogens (tertiary/aromatic N) is 1. The van der Waals surface area contributed by atoms with Crippen LogP contribution in [0, 0.1) is 5.82 Å². The first-order chi connectivity index (χ1) is 9.17. The topological polar surface area (TPSA) is 33.7 Å². The van der Waals surface area contributed by atoms with E-state index in [1.165, 1.54) is 14.2 Å². The minimum absolute atomic E-state index is 0.0213. The minimum atomic E-state index is -0.433. The number of piperazine rings is 1. The molecule has 106 valence electrons. The first kappa shape index (κ1) is 14.4. The zero-order chi connectivity index (χ0) is 13.8. The van der Waals surface area contributed by atoms with E-state index in [0.717, 1.165) is 26.2 Å². The third-order valence-electron chi connectivity index (χ3n) is 3.23. The molecule has 0 spiro atoms. The summed E-state index contributed by atoms with van der Waals surface area (Å²) in [5.41, 5.74) is 0.532. The van der Waals surface area contributed by atoms with Crippen molar-refractivity contribution in [2.45, 2.75) is 6.54 Å². The van der Waals surface area contributed by atoms with Crippen LogP contribution in [0.15, 0.2) is 6.07 Å². The Morgan fingerprint density at radius 2 is 2.00 bits per heavy atom. The average Bonchev–Trinajstić information content (AvgIpc) is 2.45. The zero-order valence-corrected chi connectivity index (χ0v) is 11.9. The molecule has 1 aliphatic heterocycles. The van der Waals surface area contributed by atoms with Gasteiger partial charge in [-0.3, -0.25) is 4.90 Å². The summed E-state index contributed by atoms with van der Waals surface area (Å²) in [6.45, 7) is 4.15. The lowest BCUT2D eigenvalue weighted by atomic mass is 10.1. The van der Waals surface area contributed by atoms with Crippen LogP contribution in [0.5, 0.6) is 11.5 Å². The highest BCUT2D eigenvalue weighted by atomic mass is 35.5. The van der Waals surface area contributed by atoms with Crippen LogP contribution in [0.2, 0.25) is 5.02 Å². The predicted octanol–water partition coefficient (Wildman–Crippen LogP) is 1.90. The van der Waals surface area contributed by atoms with Gasteiger partial charge in [-0.05, 0) is 6.07 Å². The maximum atomic E-state index is 14.2. The minimum Gasteiger partial charge on any atom is -0.493 e. The van der Waals surface area contributed by atoms with Crippen LogP contribution < -0.4 is 14.8 Å². The first-order valence-electron chi connectivity index (χ1n) is 6.19. The van der Waals surface area contributed by atoms with Crippen molar-refractivity contribution < 1.29 is 13.9 Å². The van der Waals surface area contributed by atoms with E-state index in [0.29, 0.717) is 17.9 Å². The lowest BCUT2D eigenvalue weighted by molar-refractivity contribution is 0.229. The lowest BCUT2D eigenvalue weighted by Gasteiger charge is -2.27. The molecule has 4 nitrogen and oxygen atoms in total. The average molecular weight is 289 g/mol. The molecular formula is C13H18ClFN2O2. The van der Waals surface area contributed by atoms with Crippen LogP contribution in [0.25, 0.3) is 0 Å². The van der Waals surface area contributed by atoms with E-state index in [-0.39, 0.29) is 10.8 Å². The molecule has 0 atom stereocenters. The smallest absolute Gasteiger partial charge is 0.182 e. The molecule has 1 aromatic carbocycles. The van der Waals surface area contributed by atoms with Crippen LogP contribution >= 0.6 is 11.6 Å². The molecule has 6 heteroatoms. The molecular weight excluding hydrogens is 271 g/mol. The third kappa shape index (κ3) is 3.11. The van der Waals surface area contributed by atoms with Gasteiger partial charge in [-0.2, -0.15) is 0 Å². The second kappa shape index (κ2) is 6.41. The van der Waals surface area contributed by atoms with E-state index in [4.69, 9.17) is 21.1 Å². The molecule has 0 amide bonds. The van der Waals surface area contributed by atoms with Gasteiger partial charge in [0.1, 0.15) is 10.8 Å². The van der Waals surface area contributed by atoms with E-state index in [1.54, 1.807) is 6.07 Å². The monoisotopic (exact) mass is 288 g/mol. The molecule has 1 aromatic rings. The van der Waals surface area contributed by atoms with Crippen molar-refractivity contribution in [2.75, 3.05) is 40.4 Å². The van der Waals surface area contributed by atoms with E-state index < -0.39 is 5.82 Å². The van der Waals surface area contributed by atoms with Gasteiger partial charge in [0.25, 0.3) is 0 Å². The Balaban J connectivity index is 2.26. The van der Waals surface area contributed by atoms with Gasteiger partial charge in [-0.25, -0.2) is 4.39 Å². The summed E-state index contributed by atoms with van der Waals surface area (Å²) in [5, 5.41) is 3.24. The number of ether oxygens (including phenoxy) is 2. The highest BCUT2D eigenvalue weighted by molar-refractivity contribution is 6.32. The fourth-order valence-corrected chi connectivity index (χ4v) is 2.49. The molecule has 0 unspecified atom stereocenters. The fourth-order valence-electron chi connectivity index (χ4n) is 2.20. The number of halogens is 2. The Morgan fingerprint density at radius 1 is 1.32 bits per heavy atom. The van der Waals surface area contributed by atoms with Gasteiger partial charge in [0, 0.05) is 38.3 Å². The molecule has 0 aromatic heterocycles. The van der Waals surface area contributed by atoms with Gasteiger partial charge in [-0.15, -0.1) is 0 Å². The van der Waals surface area contributed by atoms with Crippen LogP contribution in [-0.4, -0.2) is 45.3 Å². The summed E-state index contributed by atoms with van der Waals surface area (Å²) in [6, 6.07) is 1.65. The molecule has 1 aliphatic rings. The molecule has 0 aliphatic carbocycles. The second-order valence-corrected chi connectivity index (χ2v) is 4.80. The van der Waals surface area contributed by atoms with Crippen LogP contribution in [0.3, 0.4) is 0 Å². The molecule has 0 bridgehead atoms. The lowest BCUT2D eigenvalue weighted by Crippen LogP contribution is -2.43. The Hall–Kier alpha value is -1.04. The summed E-state index contributed by atoms with van der Waals surface area (Å²) in [5.74, 6) is 0.266. The molecule has 0 radical (unpaired) electrons. The van der Waals surface area contributed by atoms with Gasteiger partial charge < -0.3 is 14.8 Å². The van der Waals surface area contributed by atoms with Crippen molar-refractivity contribution in [3.63, 3.8) is 0 Å². The van der Waals surface area contributed by atoms with Gasteiger partial charge in [-0.1, -0.05) is 11.6 Å². The number of benzene rings is 1. The van der Waals surface area contributed by atoms with Gasteiger partial charge in [0.05, 0.1) is 14.2 Å². The maximum Gasteiger partial charge on any atom is 0.182 e. The molecule has 2 rings (SSSR count). The maximum absolute atomic E-state index is 14.2. The van der Waals surface area contributed by atoms with E-state index >= 15 is 0 Å². The van der Waals surface area contributed by atoms with Crippen molar-refractivity contribution in [2.24, 2.45) is 0 Å². The third-order valence-corrected chi connectivity index (χ3v) is 3.57. The summed E-state index contributed by atoms with van der Waals surface area (Å²) >= 11 is 5.99. The Bertz CT molecular complexity index is 451. The molecule has 1 heterocycles. The highest BCUT2D eigenvalue weighted by Crippen LogP contribution is 2.38. The summed E-state index contributed by atoms with van der Waals surface area (Å²) in [7, 11) is 2.96. The quantitative estimate of drug-likeness (QED) is 0.918. The van der Waals surface area contributed by atoms with Crippen molar-refractivity contribution in [3.8, 4) is 11.5 Å².